The lowest BCUT2D eigenvalue weighted by Crippen LogP contribution is -1.94. The van der Waals surface area contributed by atoms with Crippen LogP contribution in [-0.4, -0.2) is 4.98 Å². The number of nitrogen functional groups attached to an aromatic ring is 1. The van der Waals surface area contributed by atoms with Crippen LogP contribution < -0.4 is 10.5 Å². The van der Waals surface area contributed by atoms with Gasteiger partial charge >= 0.3 is 0 Å². The Labute approximate surface area is 122 Å². The van der Waals surface area contributed by atoms with E-state index in [4.69, 9.17) is 20.1 Å². The zero-order chi connectivity index (χ0) is 14.1. The van der Waals surface area contributed by atoms with E-state index in [2.05, 4.69) is 20.9 Å². The molecule has 2 N–H and O–H groups in total. The molecule has 0 bridgehead atoms. The van der Waals surface area contributed by atoms with Crippen LogP contribution in [0.25, 0.3) is 11.0 Å². The highest BCUT2D eigenvalue weighted by atomic mass is 79.9. The van der Waals surface area contributed by atoms with Gasteiger partial charge in [0, 0.05) is 6.20 Å². The highest BCUT2D eigenvalue weighted by molar-refractivity contribution is 9.10. The fourth-order valence-electron chi connectivity index (χ4n) is 1.84. The maximum atomic E-state index is 9.16. The van der Waals surface area contributed by atoms with Crippen molar-refractivity contribution in [2.75, 3.05) is 5.73 Å². The van der Waals surface area contributed by atoms with E-state index in [1.807, 2.05) is 24.3 Å². The Bertz CT molecular complexity index is 816. The van der Waals surface area contributed by atoms with E-state index in [0.717, 1.165) is 0 Å². The summed E-state index contributed by atoms with van der Waals surface area (Å²) in [6, 6.07) is 9.24. The number of nitrogens with zero attached hydrogens (tertiary/aromatic N) is 2. The van der Waals surface area contributed by atoms with Crippen LogP contribution >= 0.6 is 15.9 Å². The van der Waals surface area contributed by atoms with E-state index in [1.54, 1.807) is 12.3 Å². The molecule has 5 nitrogen and oxygen atoms in total. The van der Waals surface area contributed by atoms with E-state index in [1.165, 1.54) is 6.20 Å². The van der Waals surface area contributed by atoms with Gasteiger partial charge in [0.2, 0.25) is 5.76 Å². The lowest BCUT2D eigenvalue weighted by Gasteiger charge is -2.08. The monoisotopic (exact) mass is 329 g/mol. The Hall–Kier alpha value is -2.52. The SMILES string of the molecule is N#Cc1oc2ccccc2c1Oc1c(N)cncc1Br. The summed E-state index contributed by atoms with van der Waals surface area (Å²) in [6.45, 7) is 0. The summed E-state index contributed by atoms with van der Waals surface area (Å²) in [5.41, 5.74) is 6.80. The van der Waals surface area contributed by atoms with Gasteiger partial charge in [-0.2, -0.15) is 5.26 Å². The normalized spacial score (nSPS) is 10.4. The molecule has 6 heteroatoms. The number of halogens is 1. The molecule has 0 aliphatic carbocycles. The first-order valence-electron chi connectivity index (χ1n) is 5.69. The highest BCUT2D eigenvalue weighted by Gasteiger charge is 2.18. The van der Waals surface area contributed by atoms with Crippen molar-refractivity contribution >= 4 is 32.6 Å². The van der Waals surface area contributed by atoms with E-state index >= 15 is 0 Å². The number of fused-ring (bicyclic) bond motifs is 1. The third-order valence-electron chi connectivity index (χ3n) is 2.74. The Morgan fingerprint density at radius 2 is 2.05 bits per heavy atom. The zero-order valence-corrected chi connectivity index (χ0v) is 11.7. The van der Waals surface area contributed by atoms with Crippen LogP contribution in [0.5, 0.6) is 11.5 Å². The number of nitrogens with two attached hydrogens (primary N) is 1. The molecule has 0 atom stereocenters. The predicted molar refractivity (Wildman–Crippen MR) is 77.4 cm³/mol. The highest BCUT2D eigenvalue weighted by Crippen LogP contribution is 2.40. The fourth-order valence-corrected chi connectivity index (χ4v) is 2.27. The van der Waals surface area contributed by atoms with Gasteiger partial charge in [0.1, 0.15) is 11.7 Å². The van der Waals surface area contributed by atoms with E-state index in [9.17, 15) is 0 Å². The van der Waals surface area contributed by atoms with E-state index in [-0.39, 0.29) is 5.76 Å². The van der Waals surface area contributed by atoms with Gasteiger partial charge in [-0.25, -0.2) is 0 Å². The fraction of sp³-hybridized carbons (Fsp3) is 0. The first kappa shape index (κ1) is 12.5. The van der Waals surface area contributed by atoms with Gasteiger partial charge in [0.05, 0.1) is 21.7 Å². The van der Waals surface area contributed by atoms with Crippen molar-refractivity contribution in [1.82, 2.24) is 4.98 Å². The van der Waals surface area contributed by atoms with Gasteiger partial charge in [-0.05, 0) is 28.1 Å². The molecule has 0 radical (unpaired) electrons. The van der Waals surface area contributed by atoms with Crippen molar-refractivity contribution < 1.29 is 9.15 Å². The van der Waals surface area contributed by atoms with Crippen LogP contribution in [0.4, 0.5) is 5.69 Å². The molecule has 3 aromatic rings. The van der Waals surface area contributed by atoms with Crippen molar-refractivity contribution in [1.29, 1.82) is 5.26 Å². The molecule has 0 aliphatic rings. The number of aromatic nitrogens is 1. The van der Waals surface area contributed by atoms with Crippen LogP contribution in [0, 0.1) is 11.3 Å². The van der Waals surface area contributed by atoms with Crippen molar-refractivity contribution in [3.8, 4) is 17.6 Å². The van der Waals surface area contributed by atoms with E-state index < -0.39 is 0 Å². The number of pyridine rings is 1. The minimum absolute atomic E-state index is 0.106. The molecule has 2 aromatic heterocycles. The summed E-state index contributed by atoms with van der Waals surface area (Å²) in [4.78, 5) is 3.94. The predicted octanol–water partition coefficient (Wildman–Crippen LogP) is 3.84. The summed E-state index contributed by atoms with van der Waals surface area (Å²) in [5.74, 6) is 0.860. The minimum Gasteiger partial charge on any atom is -0.448 e. The quantitative estimate of drug-likeness (QED) is 0.772. The molecule has 3 rings (SSSR count). The maximum Gasteiger partial charge on any atom is 0.247 e. The molecule has 0 spiro atoms. The Kier molecular flexibility index (Phi) is 3.05. The molecule has 98 valence electrons. The molecule has 0 unspecified atom stereocenters. The molecular weight excluding hydrogens is 322 g/mol. The summed E-state index contributed by atoms with van der Waals surface area (Å²) in [7, 11) is 0. The molecule has 0 saturated heterocycles. The van der Waals surface area contributed by atoms with Crippen molar-refractivity contribution in [3.05, 3.63) is 46.9 Å². The second-order valence-corrected chi connectivity index (χ2v) is 4.86. The number of hydrogen-bond donors (Lipinski definition) is 1. The molecule has 2 heterocycles. The van der Waals surface area contributed by atoms with Crippen LogP contribution in [0.15, 0.2) is 45.5 Å². The minimum atomic E-state index is 0.106. The molecule has 0 amide bonds. The second-order valence-electron chi connectivity index (χ2n) is 4.01. The second kappa shape index (κ2) is 4.87. The number of nitriles is 1. The van der Waals surface area contributed by atoms with Gasteiger partial charge in [0.15, 0.2) is 11.5 Å². The third kappa shape index (κ3) is 1.98. The number of anilines is 1. The van der Waals surface area contributed by atoms with Gasteiger partial charge in [-0.3, -0.25) is 4.98 Å². The van der Waals surface area contributed by atoms with Crippen molar-refractivity contribution in [2.45, 2.75) is 0 Å². The standard InChI is InChI=1S/C14H8BrN3O2/c15-9-6-18-7-10(17)14(9)20-13-8-3-1-2-4-11(8)19-12(13)5-16/h1-4,6-7H,17H2. The number of para-hydroxylation sites is 1. The third-order valence-corrected chi connectivity index (χ3v) is 3.30. The van der Waals surface area contributed by atoms with Gasteiger partial charge in [-0.15, -0.1) is 0 Å². The summed E-state index contributed by atoms with van der Waals surface area (Å²) in [5, 5.41) is 9.87. The van der Waals surface area contributed by atoms with E-state index in [0.29, 0.717) is 32.6 Å². The average molecular weight is 330 g/mol. The van der Waals surface area contributed by atoms with Crippen LogP contribution in [0.1, 0.15) is 5.76 Å². The van der Waals surface area contributed by atoms with Crippen LogP contribution in [-0.2, 0) is 0 Å². The van der Waals surface area contributed by atoms with Crippen LogP contribution in [0.2, 0.25) is 0 Å². The Morgan fingerprint density at radius 1 is 1.25 bits per heavy atom. The molecule has 0 fully saturated rings. The lowest BCUT2D eigenvalue weighted by atomic mass is 10.2. The van der Waals surface area contributed by atoms with Crippen molar-refractivity contribution in [3.63, 3.8) is 0 Å². The van der Waals surface area contributed by atoms with Gasteiger partial charge in [0.25, 0.3) is 0 Å². The Balaban J connectivity index is 2.18. The first-order chi connectivity index (χ1) is 9.70. The van der Waals surface area contributed by atoms with Gasteiger partial charge < -0.3 is 14.9 Å². The number of ether oxygens (including phenoxy) is 1. The average Bonchev–Trinajstić information content (AvgIpc) is 2.81. The van der Waals surface area contributed by atoms with Crippen LogP contribution in [0.3, 0.4) is 0 Å². The van der Waals surface area contributed by atoms with Crippen molar-refractivity contribution in [2.24, 2.45) is 0 Å². The molecule has 1 aromatic carbocycles. The largest absolute Gasteiger partial charge is 0.448 e. The molecule has 0 saturated carbocycles. The molecular formula is C14H8BrN3O2. The number of rotatable bonds is 2. The Morgan fingerprint density at radius 3 is 2.80 bits per heavy atom. The summed E-state index contributed by atoms with van der Waals surface area (Å²) >= 11 is 3.32. The first-order valence-corrected chi connectivity index (χ1v) is 6.48. The number of furan rings is 1. The smallest absolute Gasteiger partial charge is 0.247 e. The summed E-state index contributed by atoms with van der Waals surface area (Å²) < 4.78 is 11.8. The zero-order valence-electron chi connectivity index (χ0n) is 10.1. The lowest BCUT2D eigenvalue weighted by molar-refractivity contribution is 0.466. The summed E-state index contributed by atoms with van der Waals surface area (Å²) in [6.07, 6.45) is 3.05. The number of hydrogen-bond acceptors (Lipinski definition) is 5. The topological polar surface area (TPSA) is 85.1 Å². The number of benzene rings is 1. The maximum absolute atomic E-state index is 9.16. The molecule has 0 aliphatic heterocycles. The van der Waals surface area contributed by atoms with Gasteiger partial charge in [-0.1, -0.05) is 12.1 Å². The molecule has 20 heavy (non-hydrogen) atoms.